The van der Waals surface area contributed by atoms with Gasteiger partial charge in [0, 0.05) is 6.54 Å². The quantitative estimate of drug-likeness (QED) is 0.844. The van der Waals surface area contributed by atoms with Crippen LogP contribution in [0.4, 0.5) is 11.6 Å². The molecule has 0 aliphatic rings. The van der Waals surface area contributed by atoms with Gasteiger partial charge >= 0.3 is 0 Å². The summed E-state index contributed by atoms with van der Waals surface area (Å²) in [6.07, 6.45) is 2.51. The number of nitrogens with one attached hydrogen (secondary N) is 2. The van der Waals surface area contributed by atoms with Gasteiger partial charge in [-0.1, -0.05) is 12.1 Å². The molecule has 21 heavy (non-hydrogen) atoms. The van der Waals surface area contributed by atoms with Gasteiger partial charge in [-0.05, 0) is 19.1 Å². The lowest BCUT2D eigenvalue weighted by atomic mass is 10.3. The van der Waals surface area contributed by atoms with Crippen molar-refractivity contribution in [2.75, 3.05) is 23.7 Å². The van der Waals surface area contributed by atoms with Crippen LogP contribution in [-0.2, 0) is 10.0 Å². The van der Waals surface area contributed by atoms with Gasteiger partial charge in [-0.2, -0.15) is 0 Å². The van der Waals surface area contributed by atoms with E-state index in [2.05, 4.69) is 20.0 Å². The first-order valence-electron chi connectivity index (χ1n) is 6.28. The van der Waals surface area contributed by atoms with Crippen LogP contribution in [0.25, 0.3) is 0 Å². The van der Waals surface area contributed by atoms with Gasteiger partial charge in [0.1, 0.15) is 10.6 Å². The average molecular weight is 308 g/mol. The molecule has 1 aromatic carbocycles. The van der Waals surface area contributed by atoms with Gasteiger partial charge in [-0.15, -0.1) is 0 Å². The molecule has 2 N–H and O–H groups in total. The van der Waals surface area contributed by atoms with Crippen LogP contribution in [0.3, 0.4) is 0 Å². The monoisotopic (exact) mass is 308 g/mol. The molecule has 0 aliphatic carbocycles. The minimum Gasteiger partial charge on any atom is -0.495 e. The molecule has 1 aromatic heterocycles. The SMILES string of the molecule is CCNc1ncc(S(=O)(=O)Nc2ccccc2OC)cn1. The Hall–Kier alpha value is -2.35. The Morgan fingerprint density at radius 3 is 2.48 bits per heavy atom. The molecule has 0 spiro atoms. The third kappa shape index (κ3) is 3.60. The van der Waals surface area contributed by atoms with E-state index < -0.39 is 10.0 Å². The highest BCUT2D eigenvalue weighted by atomic mass is 32.2. The Bertz CT molecular complexity index is 702. The van der Waals surface area contributed by atoms with Crippen molar-refractivity contribution in [2.24, 2.45) is 0 Å². The maximum absolute atomic E-state index is 12.3. The zero-order valence-electron chi connectivity index (χ0n) is 11.7. The summed E-state index contributed by atoms with van der Waals surface area (Å²) in [4.78, 5) is 7.87. The fourth-order valence-electron chi connectivity index (χ4n) is 1.64. The zero-order valence-corrected chi connectivity index (χ0v) is 12.5. The van der Waals surface area contributed by atoms with Crippen LogP contribution in [-0.4, -0.2) is 32.0 Å². The van der Waals surface area contributed by atoms with Crippen molar-refractivity contribution in [3.8, 4) is 5.75 Å². The highest BCUT2D eigenvalue weighted by Crippen LogP contribution is 2.25. The third-order valence-electron chi connectivity index (χ3n) is 2.62. The highest BCUT2D eigenvalue weighted by molar-refractivity contribution is 7.92. The number of aromatic nitrogens is 2. The number of anilines is 2. The van der Waals surface area contributed by atoms with Crippen LogP contribution in [0.15, 0.2) is 41.6 Å². The number of sulfonamides is 1. The van der Waals surface area contributed by atoms with E-state index >= 15 is 0 Å². The smallest absolute Gasteiger partial charge is 0.265 e. The molecule has 0 radical (unpaired) electrons. The lowest BCUT2D eigenvalue weighted by Crippen LogP contribution is -2.14. The van der Waals surface area contributed by atoms with Gasteiger partial charge in [-0.25, -0.2) is 18.4 Å². The number of rotatable bonds is 6. The number of nitrogens with zero attached hydrogens (tertiary/aromatic N) is 2. The Morgan fingerprint density at radius 2 is 1.86 bits per heavy atom. The van der Waals surface area contributed by atoms with Crippen molar-refractivity contribution in [1.82, 2.24) is 9.97 Å². The van der Waals surface area contributed by atoms with Crippen LogP contribution in [0.5, 0.6) is 5.75 Å². The Balaban J connectivity index is 2.25. The van der Waals surface area contributed by atoms with Crippen molar-refractivity contribution in [3.05, 3.63) is 36.7 Å². The van der Waals surface area contributed by atoms with Gasteiger partial charge in [-0.3, -0.25) is 4.72 Å². The summed E-state index contributed by atoms with van der Waals surface area (Å²) in [5.74, 6) is 0.819. The lowest BCUT2D eigenvalue weighted by molar-refractivity contribution is 0.417. The normalized spacial score (nSPS) is 11.0. The minimum absolute atomic E-state index is 0.0185. The molecule has 2 rings (SSSR count). The molecule has 0 saturated carbocycles. The molecule has 8 heteroatoms. The molecule has 0 fully saturated rings. The van der Waals surface area contributed by atoms with E-state index in [4.69, 9.17) is 4.74 Å². The number of methoxy groups -OCH3 is 1. The minimum atomic E-state index is -3.76. The molecule has 7 nitrogen and oxygen atoms in total. The van der Waals surface area contributed by atoms with E-state index in [9.17, 15) is 8.42 Å². The summed E-state index contributed by atoms with van der Waals surface area (Å²) in [5.41, 5.74) is 0.357. The summed E-state index contributed by atoms with van der Waals surface area (Å²) in [5, 5.41) is 2.90. The Kier molecular flexibility index (Phi) is 4.59. The first kappa shape index (κ1) is 15.0. The molecule has 0 saturated heterocycles. The molecule has 0 aliphatic heterocycles. The van der Waals surface area contributed by atoms with E-state index in [-0.39, 0.29) is 4.90 Å². The van der Waals surface area contributed by atoms with E-state index in [1.54, 1.807) is 24.3 Å². The highest BCUT2D eigenvalue weighted by Gasteiger charge is 2.17. The third-order valence-corrected chi connectivity index (χ3v) is 3.94. The number of benzene rings is 1. The maximum Gasteiger partial charge on any atom is 0.265 e. The maximum atomic E-state index is 12.3. The predicted molar refractivity (Wildman–Crippen MR) is 80.0 cm³/mol. The molecule has 112 valence electrons. The van der Waals surface area contributed by atoms with Gasteiger partial charge in [0.15, 0.2) is 0 Å². The van der Waals surface area contributed by atoms with Crippen molar-refractivity contribution in [1.29, 1.82) is 0 Å². The van der Waals surface area contributed by atoms with E-state index in [1.165, 1.54) is 19.5 Å². The second-order valence-corrected chi connectivity index (χ2v) is 5.76. The van der Waals surface area contributed by atoms with Crippen molar-refractivity contribution in [2.45, 2.75) is 11.8 Å². The standard InChI is InChI=1S/C13H16N4O3S/c1-3-14-13-15-8-10(9-16-13)21(18,19)17-11-6-4-5-7-12(11)20-2/h4-9,17H,3H2,1-2H3,(H,14,15,16). The van der Waals surface area contributed by atoms with Crippen molar-refractivity contribution >= 4 is 21.7 Å². The fraction of sp³-hybridized carbons (Fsp3) is 0.231. The summed E-state index contributed by atoms with van der Waals surface area (Å²) in [7, 11) is -2.29. The average Bonchev–Trinajstić information content (AvgIpc) is 2.48. The topological polar surface area (TPSA) is 93.2 Å². The molecule has 0 bridgehead atoms. The molecular formula is C13H16N4O3S. The number of ether oxygens (including phenoxy) is 1. The van der Waals surface area contributed by atoms with E-state index in [1.807, 2.05) is 6.92 Å². The first-order chi connectivity index (χ1) is 10.1. The molecule has 0 unspecified atom stereocenters. The molecule has 2 aromatic rings. The van der Waals surface area contributed by atoms with Crippen LogP contribution >= 0.6 is 0 Å². The first-order valence-corrected chi connectivity index (χ1v) is 7.77. The fourth-order valence-corrected chi connectivity index (χ4v) is 2.60. The molecule has 0 atom stereocenters. The molecule has 0 amide bonds. The summed E-state index contributed by atoms with van der Waals surface area (Å²) < 4.78 is 32.1. The summed E-state index contributed by atoms with van der Waals surface area (Å²) in [6.45, 7) is 2.56. The Labute approximate surface area is 123 Å². The Morgan fingerprint density at radius 1 is 1.19 bits per heavy atom. The van der Waals surface area contributed by atoms with Gasteiger partial charge in [0.2, 0.25) is 5.95 Å². The second-order valence-electron chi connectivity index (χ2n) is 4.08. The molecule has 1 heterocycles. The van der Waals surface area contributed by atoms with E-state index in [0.717, 1.165) is 0 Å². The van der Waals surface area contributed by atoms with Gasteiger partial charge in [0.05, 0.1) is 25.2 Å². The van der Waals surface area contributed by atoms with Gasteiger partial charge in [0.25, 0.3) is 10.0 Å². The predicted octanol–water partition coefficient (Wildman–Crippen LogP) is 1.72. The lowest BCUT2D eigenvalue weighted by Gasteiger charge is -2.11. The van der Waals surface area contributed by atoms with Crippen LogP contribution < -0.4 is 14.8 Å². The molecular weight excluding hydrogens is 292 g/mol. The van der Waals surface area contributed by atoms with Crippen LogP contribution in [0, 0.1) is 0 Å². The number of hydrogen-bond donors (Lipinski definition) is 2. The van der Waals surface area contributed by atoms with Crippen LogP contribution in [0.1, 0.15) is 6.92 Å². The number of para-hydroxylation sites is 2. The second kappa shape index (κ2) is 6.40. The van der Waals surface area contributed by atoms with E-state index in [0.29, 0.717) is 23.9 Å². The van der Waals surface area contributed by atoms with Gasteiger partial charge < -0.3 is 10.1 Å². The van der Waals surface area contributed by atoms with Crippen molar-refractivity contribution < 1.29 is 13.2 Å². The number of hydrogen-bond acceptors (Lipinski definition) is 6. The zero-order chi connectivity index (χ0) is 15.3. The summed E-state index contributed by atoms with van der Waals surface area (Å²) in [6, 6.07) is 6.75. The van der Waals surface area contributed by atoms with Crippen molar-refractivity contribution in [3.63, 3.8) is 0 Å². The largest absolute Gasteiger partial charge is 0.495 e. The van der Waals surface area contributed by atoms with Crippen LogP contribution in [0.2, 0.25) is 0 Å². The summed E-state index contributed by atoms with van der Waals surface area (Å²) >= 11 is 0.